The van der Waals surface area contributed by atoms with Crippen molar-refractivity contribution in [2.75, 3.05) is 11.9 Å². The van der Waals surface area contributed by atoms with Gasteiger partial charge in [0.15, 0.2) is 0 Å². The predicted octanol–water partition coefficient (Wildman–Crippen LogP) is 2.23. The number of urea groups is 1. The highest BCUT2D eigenvalue weighted by molar-refractivity contribution is 5.91. The topological polar surface area (TPSA) is 61.4 Å². The van der Waals surface area contributed by atoms with Gasteiger partial charge in [-0.25, -0.2) is 9.18 Å². The van der Waals surface area contributed by atoms with Gasteiger partial charge < -0.3 is 15.7 Å². The Balaban J connectivity index is 2.05. The summed E-state index contributed by atoms with van der Waals surface area (Å²) >= 11 is 0. The van der Waals surface area contributed by atoms with E-state index in [1.807, 2.05) is 0 Å². The first kappa shape index (κ1) is 14.4. The number of amides is 2. The Kier molecular flexibility index (Phi) is 4.97. The van der Waals surface area contributed by atoms with E-state index in [1.165, 1.54) is 18.2 Å². The second-order valence-corrected chi connectivity index (χ2v) is 4.73. The van der Waals surface area contributed by atoms with E-state index in [2.05, 4.69) is 22.5 Å². The van der Waals surface area contributed by atoms with Crippen molar-refractivity contribution in [2.45, 2.75) is 31.7 Å². The normalized spacial score (nSPS) is 14.5. The number of halogens is 1. The van der Waals surface area contributed by atoms with Gasteiger partial charge in [0.2, 0.25) is 0 Å². The maximum absolute atomic E-state index is 13.2. The molecule has 106 valence electrons. The lowest BCUT2D eigenvalue weighted by Gasteiger charge is -2.13. The molecule has 1 aliphatic carbocycles. The Morgan fingerprint density at radius 1 is 1.40 bits per heavy atom. The number of nitrogens with one attached hydrogen (secondary N) is 2. The van der Waals surface area contributed by atoms with Crippen molar-refractivity contribution in [1.29, 1.82) is 0 Å². The number of rotatable bonds is 2. The summed E-state index contributed by atoms with van der Waals surface area (Å²) in [5.74, 6) is 4.63. The van der Waals surface area contributed by atoms with E-state index in [-0.39, 0.29) is 18.7 Å². The van der Waals surface area contributed by atoms with Crippen molar-refractivity contribution in [1.82, 2.24) is 5.32 Å². The fraction of sp³-hybridized carbons (Fsp3) is 0.400. The van der Waals surface area contributed by atoms with E-state index in [0.29, 0.717) is 11.3 Å². The lowest BCUT2D eigenvalue weighted by atomic mass is 10.1. The zero-order valence-corrected chi connectivity index (χ0v) is 11.1. The van der Waals surface area contributed by atoms with Gasteiger partial charge in [-0.15, -0.1) is 0 Å². The highest BCUT2D eigenvalue weighted by Gasteiger charge is 2.17. The van der Waals surface area contributed by atoms with Gasteiger partial charge in [-0.05, 0) is 31.0 Å². The smallest absolute Gasteiger partial charge is 0.319 e. The minimum atomic E-state index is -0.436. The summed E-state index contributed by atoms with van der Waals surface area (Å²) in [6.07, 6.45) is 4.26. The van der Waals surface area contributed by atoms with Crippen molar-refractivity contribution in [3.8, 4) is 11.8 Å². The molecule has 20 heavy (non-hydrogen) atoms. The molecule has 2 amide bonds. The largest absolute Gasteiger partial charge is 0.384 e. The number of aliphatic hydroxyl groups excluding tert-OH is 1. The lowest BCUT2D eigenvalue weighted by molar-refractivity contribution is 0.248. The van der Waals surface area contributed by atoms with E-state index in [0.717, 1.165) is 25.7 Å². The van der Waals surface area contributed by atoms with Gasteiger partial charge in [0.25, 0.3) is 0 Å². The molecule has 0 bridgehead atoms. The van der Waals surface area contributed by atoms with Crippen LogP contribution < -0.4 is 10.6 Å². The molecule has 4 nitrogen and oxygen atoms in total. The molecule has 0 unspecified atom stereocenters. The van der Waals surface area contributed by atoms with Crippen LogP contribution in [0.15, 0.2) is 18.2 Å². The first-order valence-electron chi connectivity index (χ1n) is 6.66. The van der Waals surface area contributed by atoms with Crippen LogP contribution in [0.5, 0.6) is 0 Å². The SMILES string of the molecule is O=C(Nc1ccc(F)cc1C#CCO)NC1CCCC1. The average Bonchev–Trinajstić information content (AvgIpc) is 2.91. The fourth-order valence-electron chi connectivity index (χ4n) is 2.28. The molecule has 1 saturated carbocycles. The molecule has 0 heterocycles. The molecule has 2 rings (SSSR count). The Labute approximate surface area is 117 Å². The molecule has 0 aliphatic heterocycles. The molecule has 5 heteroatoms. The van der Waals surface area contributed by atoms with Crippen LogP contribution in [0.1, 0.15) is 31.2 Å². The van der Waals surface area contributed by atoms with Crippen LogP contribution in [0.2, 0.25) is 0 Å². The number of benzene rings is 1. The second-order valence-electron chi connectivity index (χ2n) is 4.73. The van der Waals surface area contributed by atoms with Crippen LogP contribution in [0.25, 0.3) is 0 Å². The van der Waals surface area contributed by atoms with Crippen LogP contribution in [0.4, 0.5) is 14.9 Å². The van der Waals surface area contributed by atoms with Gasteiger partial charge in [0, 0.05) is 6.04 Å². The molecule has 3 N–H and O–H groups in total. The summed E-state index contributed by atoms with van der Waals surface area (Å²) in [5, 5.41) is 14.2. The minimum absolute atomic E-state index is 0.211. The van der Waals surface area contributed by atoms with Crippen molar-refractivity contribution in [3.05, 3.63) is 29.6 Å². The van der Waals surface area contributed by atoms with E-state index in [1.54, 1.807) is 0 Å². The Hall–Kier alpha value is -2.06. The first-order chi connectivity index (χ1) is 9.69. The van der Waals surface area contributed by atoms with E-state index in [9.17, 15) is 9.18 Å². The van der Waals surface area contributed by atoms with Gasteiger partial charge >= 0.3 is 6.03 Å². The Morgan fingerprint density at radius 3 is 2.85 bits per heavy atom. The summed E-state index contributed by atoms with van der Waals surface area (Å²) in [6.45, 7) is -0.315. The van der Waals surface area contributed by atoms with Crippen molar-refractivity contribution in [3.63, 3.8) is 0 Å². The summed E-state index contributed by atoms with van der Waals surface area (Å²) in [6, 6.07) is 3.85. The van der Waals surface area contributed by atoms with Crippen molar-refractivity contribution in [2.24, 2.45) is 0 Å². The number of carbonyl (C=O) groups excluding carboxylic acids is 1. The summed E-state index contributed by atoms with van der Waals surface area (Å²) < 4.78 is 13.2. The molecule has 1 fully saturated rings. The molecule has 1 aromatic carbocycles. The Bertz CT molecular complexity index is 543. The monoisotopic (exact) mass is 276 g/mol. The van der Waals surface area contributed by atoms with Crippen molar-refractivity contribution < 1.29 is 14.3 Å². The maximum Gasteiger partial charge on any atom is 0.319 e. The van der Waals surface area contributed by atoms with Gasteiger partial charge in [-0.2, -0.15) is 0 Å². The number of hydrogen-bond acceptors (Lipinski definition) is 2. The molecule has 0 saturated heterocycles. The molecule has 0 radical (unpaired) electrons. The molecule has 0 aromatic heterocycles. The average molecular weight is 276 g/mol. The number of aliphatic hydroxyl groups is 1. The third-order valence-corrected chi connectivity index (χ3v) is 3.22. The van der Waals surface area contributed by atoms with Crippen LogP contribution in [-0.2, 0) is 0 Å². The van der Waals surface area contributed by atoms with E-state index >= 15 is 0 Å². The van der Waals surface area contributed by atoms with Crippen LogP contribution in [-0.4, -0.2) is 23.8 Å². The summed E-state index contributed by atoms with van der Waals surface area (Å²) in [7, 11) is 0. The molecular weight excluding hydrogens is 259 g/mol. The quantitative estimate of drug-likeness (QED) is 0.725. The van der Waals surface area contributed by atoms with Gasteiger partial charge in [-0.1, -0.05) is 24.7 Å². The zero-order chi connectivity index (χ0) is 14.4. The maximum atomic E-state index is 13.2. The van der Waals surface area contributed by atoms with Crippen molar-refractivity contribution >= 4 is 11.7 Å². The predicted molar refractivity (Wildman–Crippen MR) is 74.8 cm³/mol. The highest BCUT2D eigenvalue weighted by Crippen LogP contribution is 2.19. The molecule has 1 aromatic rings. The summed E-state index contributed by atoms with van der Waals surface area (Å²) in [4.78, 5) is 11.9. The fourth-order valence-corrected chi connectivity index (χ4v) is 2.28. The van der Waals surface area contributed by atoms with Crippen LogP contribution in [0, 0.1) is 17.7 Å². The molecule has 0 atom stereocenters. The third-order valence-electron chi connectivity index (χ3n) is 3.22. The van der Waals surface area contributed by atoms with Gasteiger partial charge in [0.1, 0.15) is 12.4 Å². The number of anilines is 1. The molecule has 1 aliphatic rings. The highest BCUT2D eigenvalue weighted by atomic mass is 19.1. The van der Waals surface area contributed by atoms with E-state index in [4.69, 9.17) is 5.11 Å². The molecule has 0 spiro atoms. The molecular formula is C15H17FN2O2. The number of carbonyl (C=O) groups is 1. The second kappa shape index (κ2) is 6.92. The van der Waals surface area contributed by atoms with E-state index < -0.39 is 5.82 Å². The third kappa shape index (κ3) is 3.97. The van der Waals surface area contributed by atoms with Gasteiger partial charge in [-0.3, -0.25) is 0 Å². The first-order valence-corrected chi connectivity index (χ1v) is 6.66. The lowest BCUT2D eigenvalue weighted by Crippen LogP contribution is -2.36. The Morgan fingerprint density at radius 2 is 2.15 bits per heavy atom. The summed E-state index contributed by atoms with van der Waals surface area (Å²) in [5.41, 5.74) is 0.781. The van der Waals surface area contributed by atoms with Crippen LogP contribution >= 0.6 is 0 Å². The zero-order valence-electron chi connectivity index (χ0n) is 11.1. The minimum Gasteiger partial charge on any atom is -0.384 e. The standard InChI is InChI=1S/C15H17FN2O2/c16-12-7-8-14(11(10-12)4-3-9-19)18-15(20)17-13-5-1-2-6-13/h7-8,10,13,19H,1-2,5-6,9H2,(H2,17,18,20). The number of hydrogen-bond donors (Lipinski definition) is 3. The van der Waals surface area contributed by atoms with Gasteiger partial charge in [0.05, 0.1) is 11.3 Å². The van der Waals surface area contributed by atoms with Crippen LogP contribution in [0.3, 0.4) is 0 Å².